The fourth-order valence-corrected chi connectivity index (χ4v) is 10.8. The Kier molecular flexibility index (Phi) is 69.1. The summed E-state index contributed by atoms with van der Waals surface area (Å²) in [6.45, 7) is 3.65. The van der Waals surface area contributed by atoms with Crippen LogP contribution in [0.1, 0.15) is 316 Å². The lowest BCUT2D eigenvalue weighted by Crippen LogP contribution is -2.29. The second kappa shape index (κ2) is 72.2. The average Bonchev–Trinajstić information content (AvgIpc) is 3.52. The summed E-state index contributed by atoms with van der Waals surface area (Å²) in [5.41, 5.74) is 5.40. The van der Waals surface area contributed by atoms with Crippen LogP contribution in [0.25, 0.3) is 0 Å². The van der Waals surface area contributed by atoms with Crippen LogP contribution in [0, 0.1) is 0 Å². The van der Waals surface area contributed by atoms with Gasteiger partial charge in [-0.05, 0) is 96.3 Å². The molecule has 0 saturated heterocycles. The zero-order valence-corrected chi connectivity index (χ0v) is 57.6. The minimum Gasteiger partial charge on any atom is -0.462 e. The molecule has 0 spiro atoms. The summed E-state index contributed by atoms with van der Waals surface area (Å²) >= 11 is 0. The first-order valence-corrected chi connectivity index (χ1v) is 37.7. The van der Waals surface area contributed by atoms with E-state index in [0.717, 1.165) is 116 Å². The Bertz CT molecular complexity index is 1910. The first-order chi connectivity index (χ1) is 43.3. The number of ether oxygens (including phenoxy) is 2. The molecule has 3 N–H and O–H groups in total. The van der Waals surface area contributed by atoms with Crippen molar-refractivity contribution in [3.05, 3.63) is 134 Å². The predicted molar refractivity (Wildman–Crippen MR) is 381 cm³/mol. The number of esters is 2. The Balaban J connectivity index is 3.95. The highest BCUT2D eigenvalue weighted by Crippen LogP contribution is 2.43. The lowest BCUT2D eigenvalue weighted by atomic mass is 10.0. The second-order valence-electron chi connectivity index (χ2n) is 23.7. The van der Waals surface area contributed by atoms with Crippen molar-refractivity contribution >= 4 is 19.8 Å². The van der Waals surface area contributed by atoms with Gasteiger partial charge in [0.2, 0.25) is 0 Å². The molecule has 0 aromatic carbocycles. The Morgan fingerprint density at radius 3 is 0.932 bits per heavy atom. The molecule has 0 rings (SSSR count). The third-order valence-electron chi connectivity index (χ3n) is 15.3. The van der Waals surface area contributed by atoms with Gasteiger partial charge in [-0.15, -0.1) is 0 Å². The monoisotopic (exact) mass is 1240 g/mol. The summed E-state index contributed by atoms with van der Waals surface area (Å²) in [4.78, 5) is 35.4. The van der Waals surface area contributed by atoms with Gasteiger partial charge in [0.05, 0.1) is 13.2 Å². The minimum atomic E-state index is -4.40. The number of unbranched alkanes of at least 4 members (excludes halogenated alkanes) is 32. The molecule has 0 amide bonds. The molecule has 0 aromatic heterocycles. The van der Waals surface area contributed by atoms with E-state index in [4.69, 9.17) is 24.3 Å². The zero-order valence-electron chi connectivity index (χ0n) is 56.7. The topological polar surface area (TPSA) is 134 Å². The van der Waals surface area contributed by atoms with Crippen molar-refractivity contribution in [1.82, 2.24) is 0 Å². The van der Waals surface area contributed by atoms with Crippen LogP contribution in [0.3, 0.4) is 0 Å². The number of phosphoric acid groups is 1. The predicted octanol–water partition coefficient (Wildman–Crippen LogP) is 24.0. The van der Waals surface area contributed by atoms with E-state index in [9.17, 15) is 19.0 Å². The van der Waals surface area contributed by atoms with Gasteiger partial charge in [-0.3, -0.25) is 18.6 Å². The van der Waals surface area contributed by atoms with E-state index in [1.807, 2.05) is 0 Å². The molecule has 9 nitrogen and oxygen atoms in total. The molecule has 0 bridgehead atoms. The molecule has 2 atom stereocenters. The molecular weight excluding hydrogens is 1110 g/mol. The van der Waals surface area contributed by atoms with Crippen molar-refractivity contribution in [2.75, 3.05) is 26.4 Å². The number of hydrogen-bond donors (Lipinski definition) is 2. The SMILES string of the molecule is CC/C=C\C/C=C\C/C=C\C/C=C\C/C=C\C/C=C\C/C=C\C/C=C\C/C=C\C/C=C\C/C=C\CCCCCCCCCC(=O)OC(COC(=O)CCCCCCCCCCCCCCCCCCCCCCCCCCCC)COP(=O)(O)OCCN. The Morgan fingerprint density at radius 2 is 0.625 bits per heavy atom. The summed E-state index contributed by atoms with van der Waals surface area (Å²) in [6.07, 6.45) is 103. The molecule has 0 fully saturated rings. The van der Waals surface area contributed by atoms with Gasteiger partial charge >= 0.3 is 19.8 Å². The minimum absolute atomic E-state index is 0.0470. The number of hydrogen-bond acceptors (Lipinski definition) is 8. The fraction of sp³-hybridized carbons (Fsp3) is 0.692. The highest BCUT2D eigenvalue weighted by atomic mass is 31.2. The lowest BCUT2D eigenvalue weighted by Gasteiger charge is -2.19. The number of phosphoric ester groups is 1. The van der Waals surface area contributed by atoms with E-state index >= 15 is 0 Å². The normalized spacial score (nSPS) is 13.7. The summed E-state index contributed by atoms with van der Waals surface area (Å²) in [5.74, 6) is -0.835. The van der Waals surface area contributed by atoms with Gasteiger partial charge in [-0.2, -0.15) is 0 Å². The molecule has 504 valence electrons. The largest absolute Gasteiger partial charge is 0.472 e. The van der Waals surface area contributed by atoms with Crippen molar-refractivity contribution in [3.8, 4) is 0 Å². The average molecular weight is 1240 g/mol. The van der Waals surface area contributed by atoms with Gasteiger partial charge in [-0.1, -0.05) is 340 Å². The number of rotatable bonds is 67. The quantitative estimate of drug-likeness (QED) is 0.0264. The van der Waals surface area contributed by atoms with E-state index in [0.29, 0.717) is 6.42 Å². The maximum atomic E-state index is 12.8. The van der Waals surface area contributed by atoms with Crippen molar-refractivity contribution in [3.63, 3.8) is 0 Å². The van der Waals surface area contributed by atoms with E-state index in [1.165, 1.54) is 167 Å². The Labute approximate surface area is 542 Å². The van der Waals surface area contributed by atoms with Crippen LogP contribution in [0.4, 0.5) is 0 Å². The van der Waals surface area contributed by atoms with E-state index in [2.05, 4.69) is 148 Å². The van der Waals surface area contributed by atoms with Crippen LogP contribution in [-0.2, 0) is 32.7 Å². The molecule has 0 aliphatic carbocycles. The van der Waals surface area contributed by atoms with Gasteiger partial charge in [0, 0.05) is 19.4 Å². The third-order valence-corrected chi connectivity index (χ3v) is 16.3. The molecular formula is C78H134NO8P. The van der Waals surface area contributed by atoms with Crippen molar-refractivity contribution in [2.45, 2.75) is 322 Å². The lowest BCUT2D eigenvalue weighted by molar-refractivity contribution is -0.161. The molecule has 0 radical (unpaired) electrons. The molecule has 0 heterocycles. The molecule has 10 heteroatoms. The highest BCUT2D eigenvalue weighted by molar-refractivity contribution is 7.47. The Hall–Kier alpha value is -3.85. The van der Waals surface area contributed by atoms with Gasteiger partial charge in [0.25, 0.3) is 0 Å². The summed E-state index contributed by atoms with van der Waals surface area (Å²) in [7, 11) is -4.40. The van der Waals surface area contributed by atoms with Gasteiger partial charge in [0.1, 0.15) is 6.61 Å². The van der Waals surface area contributed by atoms with Crippen LogP contribution >= 0.6 is 7.82 Å². The zero-order chi connectivity index (χ0) is 63.7. The third kappa shape index (κ3) is 71.2. The number of allylic oxidation sites excluding steroid dienone is 22. The molecule has 88 heavy (non-hydrogen) atoms. The number of carbonyl (C=O) groups excluding carboxylic acids is 2. The summed E-state index contributed by atoms with van der Waals surface area (Å²) in [6, 6.07) is 0. The van der Waals surface area contributed by atoms with Crippen LogP contribution in [0.15, 0.2) is 134 Å². The standard InChI is InChI=1S/C78H134NO8P/c1-3-5-7-9-11-13-15-17-19-21-23-25-27-29-31-32-33-34-35-36-37-38-39-40-41-42-43-44-45-47-49-51-53-55-57-59-61-63-65-67-69-71-78(81)87-76(75-86-88(82,83)85-73-72-79)74-84-77(80)70-68-66-64-62-60-58-56-54-52-50-48-46-30-28-26-24-22-20-18-16-14-12-10-8-6-4-2/h5,7,11,13,17,19,23,25,29,31,33-34,36-37,39-40,42-43,45,47,51,53,76H,3-4,6,8-10,12,14-16,18,20-22,24,26-28,30,32,35,38,41,44,46,48-50,52,54-75,79H2,1-2H3,(H,82,83)/b7-5-,13-11-,19-17-,25-23-,31-29-,34-33-,37-36-,40-39-,43-42-,47-45-,53-51-. The smallest absolute Gasteiger partial charge is 0.462 e. The first kappa shape index (κ1) is 84.2. The second-order valence-corrected chi connectivity index (χ2v) is 25.2. The molecule has 0 saturated carbocycles. The maximum Gasteiger partial charge on any atom is 0.472 e. The molecule has 0 aromatic rings. The number of carbonyl (C=O) groups is 2. The van der Waals surface area contributed by atoms with Crippen molar-refractivity contribution in [1.29, 1.82) is 0 Å². The van der Waals surface area contributed by atoms with Crippen LogP contribution in [0.5, 0.6) is 0 Å². The van der Waals surface area contributed by atoms with Gasteiger partial charge < -0.3 is 20.1 Å². The van der Waals surface area contributed by atoms with E-state index < -0.39 is 26.5 Å². The molecule has 0 aliphatic rings. The maximum absolute atomic E-state index is 12.8. The number of nitrogens with two attached hydrogens (primary N) is 1. The first-order valence-electron chi connectivity index (χ1n) is 36.2. The van der Waals surface area contributed by atoms with Gasteiger partial charge in [0.15, 0.2) is 6.10 Å². The van der Waals surface area contributed by atoms with E-state index in [1.54, 1.807) is 0 Å². The van der Waals surface area contributed by atoms with Crippen LogP contribution in [-0.4, -0.2) is 49.3 Å². The Morgan fingerprint density at radius 1 is 0.352 bits per heavy atom. The molecule has 0 aliphatic heterocycles. The molecule has 2 unspecified atom stereocenters. The van der Waals surface area contributed by atoms with Crippen molar-refractivity contribution < 1.29 is 37.6 Å². The van der Waals surface area contributed by atoms with Crippen LogP contribution in [0.2, 0.25) is 0 Å². The summed E-state index contributed by atoms with van der Waals surface area (Å²) < 4.78 is 33.2. The fourth-order valence-electron chi connectivity index (χ4n) is 10.00. The highest BCUT2D eigenvalue weighted by Gasteiger charge is 2.26. The van der Waals surface area contributed by atoms with Crippen molar-refractivity contribution in [2.24, 2.45) is 5.73 Å². The van der Waals surface area contributed by atoms with Gasteiger partial charge in [-0.25, -0.2) is 4.57 Å². The summed E-state index contributed by atoms with van der Waals surface area (Å²) in [5, 5.41) is 0. The van der Waals surface area contributed by atoms with Crippen LogP contribution < -0.4 is 5.73 Å². The van der Waals surface area contributed by atoms with E-state index in [-0.39, 0.29) is 38.6 Å².